The molecule has 0 spiro atoms. The number of methoxy groups -OCH3 is 2. The number of hydrogen-bond donors (Lipinski definition) is 1. The van der Waals surface area contributed by atoms with Crippen LogP contribution in [0, 0.1) is 24.0 Å². The van der Waals surface area contributed by atoms with Crippen molar-refractivity contribution >= 4 is 22.9 Å². The highest BCUT2D eigenvalue weighted by Crippen LogP contribution is 2.41. The molecule has 7 rings (SSSR count). The van der Waals surface area contributed by atoms with Gasteiger partial charge >= 0.3 is 0 Å². The van der Waals surface area contributed by atoms with E-state index in [4.69, 9.17) is 14.5 Å². The number of aryl methyl sites for hydroxylation is 1. The van der Waals surface area contributed by atoms with Crippen LogP contribution in [-0.4, -0.2) is 71.7 Å². The van der Waals surface area contributed by atoms with Crippen molar-refractivity contribution in [3.05, 3.63) is 119 Å². The topological polar surface area (TPSA) is 71.9 Å². The number of nitrogens with one attached hydrogen (secondary N) is 1. The summed E-state index contributed by atoms with van der Waals surface area (Å²) in [5.41, 5.74) is 5.35. The molecular formula is C42H47F2N5O3. The highest BCUT2D eigenvalue weighted by Gasteiger charge is 2.46. The third-order valence-electron chi connectivity index (χ3n) is 10.9. The van der Waals surface area contributed by atoms with Crippen LogP contribution in [-0.2, 0) is 24.3 Å². The van der Waals surface area contributed by atoms with Gasteiger partial charge in [0.25, 0.3) is 0 Å². The van der Waals surface area contributed by atoms with Gasteiger partial charge in [0.1, 0.15) is 11.6 Å². The van der Waals surface area contributed by atoms with Crippen molar-refractivity contribution in [3.63, 3.8) is 0 Å². The van der Waals surface area contributed by atoms with Crippen LogP contribution >= 0.6 is 0 Å². The van der Waals surface area contributed by atoms with E-state index in [9.17, 15) is 13.6 Å². The molecule has 10 heteroatoms. The lowest BCUT2D eigenvalue weighted by atomic mass is 9.77. The molecule has 52 heavy (non-hydrogen) atoms. The number of nitrogens with zero attached hydrogens (tertiary/aromatic N) is 4. The van der Waals surface area contributed by atoms with Crippen LogP contribution in [0.1, 0.15) is 47.9 Å². The molecule has 0 saturated carbocycles. The smallest absolute Gasteiger partial charge is 0.229 e. The number of ether oxygens (including phenoxy) is 2. The van der Waals surface area contributed by atoms with E-state index in [1.807, 2.05) is 60.4 Å². The zero-order chi connectivity index (χ0) is 36.2. The fourth-order valence-corrected chi connectivity index (χ4v) is 8.03. The van der Waals surface area contributed by atoms with Gasteiger partial charge in [-0.25, -0.2) is 13.8 Å². The Morgan fingerprint density at radius 2 is 1.54 bits per heavy atom. The Morgan fingerprint density at radius 3 is 2.23 bits per heavy atom. The molecule has 3 heterocycles. The van der Waals surface area contributed by atoms with Crippen molar-refractivity contribution in [2.24, 2.45) is 5.41 Å². The fraction of sp³-hybridized carbons (Fsp3) is 0.381. The van der Waals surface area contributed by atoms with Crippen LogP contribution in [0.2, 0.25) is 0 Å². The third-order valence-corrected chi connectivity index (χ3v) is 10.9. The Balaban J connectivity index is 1.02. The molecule has 2 aliphatic rings. The number of hydrogen-bond acceptors (Lipinski definition) is 6. The second kappa shape index (κ2) is 15.3. The maximum atomic E-state index is 14.4. The van der Waals surface area contributed by atoms with Crippen molar-refractivity contribution in [1.82, 2.24) is 19.4 Å². The normalized spacial score (nSPS) is 18.3. The van der Waals surface area contributed by atoms with Gasteiger partial charge in [0.15, 0.2) is 11.5 Å². The van der Waals surface area contributed by atoms with Crippen LogP contribution in [0.15, 0.2) is 84.9 Å². The number of rotatable bonds is 13. The fourth-order valence-electron chi connectivity index (χ4n) is 8.03. The highest BCUT2D eigenvalue weighted by molar-refractivity contribution is 5.85. The number of benzene rings is 4. The lowest BCUT2D eigenvalue weighted by Gasteiger charge is -2.35. The first-order chi connectivity index (χ1) is 25.2. The number of likely N-dealkylation sites (tertiary alicyclic amines) is 2. The molecule has 1 unspecified atom stereocenters. The first kappa shape index (κ1) is 35.4. The summed E-state index contributed by atoms with van der Waals surface area (Å²) in [5, 5.41) is 3.73. The lowest BCUT2D eigenvalue weighted by molar-refractivity contribution is -0.137. The van der Waals surface area contributed by atoms with Crippen molar-refractivity contribution < 1.29 is 23.0 Å². The van der Waals surface area contributed by atoms with Crippen molar-refractivity contribution in [2.75, 3.05) is 45.7 Å². The molecule has 5 aromatic rings. The third kappa shape index (κ3) is 7.62. The predicted octanol–water partition coefficient (Wildman–Crippen LogP) is 7.62. The largest absolute Gasteiger partial charge is 0.493 e. The second-order valence-electron chi connectivity index (χ2n) is 14.4. The molecule has 272 valence electrons. The number of amides is 1. The average molecular weight is 708 g/mol. The lowest BCUT2D eigenvalue weighted by Crippen LogP contribution is -2.43. The van der Waals surface area contributed by atoms with E-state index in [0.717, 1.165) is 84.6 Å². The molecular weight excluding hydrogens is 660 g/mol. The second-order valence-corrected chi connectivity index (χ2v) is 14.4. The van der Waals surface area contributed by atoms with Crippen LogP contribution in [0.4, 0.5) is 14.7 Å². The van der Waals surface area contributed by atoms with E-state index >= 15 is 0 Å². The maximum absolute atomic E-state index is 14.4. The quantitative estimate of drug-likeness (QED) is 0.136. The predicted molar refractivity (Wildman–Crippen MR) is 200 cm³/mol. The Kier molecular flexibility index (Phi) is 10.5. The van der Waals surface area contributed by atoms with Gasteiger partial charge in [-0.2, -0.15) is 0 Å². The minimum atomic E-state index is -0.566. The number of halogens is 2. The molecule has 0 bridgehead atoms. The molecule has 4 aromatic carbocycles. The van der Waals surface area contributed by atoms with Gasteiger partial charge in [0.2, 0.25) is 11.9 Å². The number of fused-ring (bicyclic) bond motifs is 1. The highest BCUT2D eigenvalue weighted by atomic mass is 19.1. The van der Waals surface area contributed by atoms with E-state index < -0.39 is 5.41 Å². The minimum Gasteiger partial charge on any atom is -0.493 e. The summed E-state index contributed by atoms with van der Waals surface area (Å²) in [6, 6.07) is 25.6. The van der Waals surface area contributed by atoms with E-state index in [2.05, 4.69) is 26.9 Å². The van der Waals surface area contributed by atoms with Gasteiger partial charge in [0.05, 0.1) is 37.2 Å². The van der Waals surface area contributed by atoms with Gasteiger partial charge in [-0.15, -0.1) is 0 Å². The summed E-state index contributed by atoms with van der Waals surface area (Å²) in [6.45, 7) is 6.36. The zero-order valence-corrected chi connectivity index (χ0v) is 30.2. The molecule has 1 N–H and O–H groups in total. The summed E-state index contributed by atoms with van der Waals surface area (Å²) in [5.74, 6) is 1.81. The molecule has 1 atom stereocenters. The van der Waals surface area contributed by atoms with Gasteiger partial charge in [0, 0.05) is 32.2 Å². The Morgan fingerprint density at radius 1 is 0.846 bits per heavy atom. The Hall–Kier alpha value is -4.96. The summed E-state index contributed by atoms with van der Waals surface area (Å²) >= 11 is 0. The van der Waals surface area contributed by atoms with Gasteiger partial charge in [-0.05, 0) is 110 Å². The SMILES string of the molecule is COc1cc(CN2CCC(CCN3CCC(Nc4nc5ccccc5n4Cc4ccc(F)cc4)CC3)(Cc3ccc(F)cc3)C2=O)cc(C)c1OC. The van der Waals surface area contributed by atoms with E-state index in [0.29, 0.717) is 37.6 Å². The number of aromatic nitrogens is 2. The number of carbonyl (C=O) groups excluding carboxylic acids is 1. The molecule has 0 aliphatic carbocycles. The monoisotopic (exact) mass is 707 g/mol. The molecule has 8 nitrogen and oxygen atoms in total. The molecule has 2 saturated heterocycles. The first-order valence-corrected chi connectivity index (χ1v) is 18.2. The summed E-state index contributed by atoms with van der Waals surface area (Å²) in [6.07, 6.45) is 3.96. The van der Waals surface area contributed by atoms with Crippen LogP contribution < -0.4 is 14.8 Å². The number of carbonyl (C=O) groups is 1. The number of imidazole rings is 1. The Labute approximate surface area is 304 Å². The molecule has 1 aromatic heterocycles. The summed E-state index contributed by atoms with van der Waals surface area (Å²) in [7, 11) is 3.26. The standard InChI is InChI=1S/C42H47F2N5O3/c1-29-24-32(25-38(51-2)39(29)52-3)27-48-23-19-42(40(48)50,26-30-8-12-33(43)13-9-30)18-22-47-20-16-35(17-21-47)45-41-46-36-6-4-5-7-37(36)49(41)28-31-10-14-34(44)15-11-31/h4-15,24-25,35H,16-23,26-28H2,1-3H3,(H,45,46). The van der Waals surface area contributed by atoms with Crippen LogP contribution in [0.25, 0.3) is 11.0 Å². The van der Waals surface area contributed by atoms with E-state index in [-0.39, 0.29) is 23.6 Å². The minimum absolute atomic E-state index is 0.154. The Bertz CT molecular complexity index is 2010. The van der Waals surface area contributed by atoms with Crippen molar-refractivity contribution in [2.45, 2.75) is 58.2 Å². The number of piperidine rings is 1. The first-order valence-electron chi connectivity index (χ1n) is 18.2. The molecule has 2 fully saturated rings. The van der Waals surface area contributed by atoms with Crippen molar-refractivity contribution in [1.29, 1.82) is 0 Å². The molecule has 2 aliphatic heterocycles. The van der Waals surface area contributed by atoms with Gasteiger partial charge in [-0.1, -0.05) is 42.5 Å². The number of para-hydroxylation sites is 2. The van der Waals surface area contributed by atoms with Crippen LogP contribution in [0.5, 0.6) is 11.5 Å². The maximum Gasteiger partial charge on any atom is 0.229 e. The van der Waals surface area contributed by atoms with Gasteiger partial charge < -0.3 is 29.2 Å². The van der Waals surface area contributed by atoms with E-state index in [1.54, 1.807) is 14.2 Å². The van der Waals surface area contributed by atoms with Crippen molar-refractivity contribution in [3.8, 4) is 11.5 Å². The van der Waals surface area contributed by atoms with Crippen LogP contribution in [0.3, 0.4) is 0 Å². The summed E-state index contributed by atoms with van der Waals surface area (Å²) < 4.78 is 40.8. The summed E-state index contributed by atoms with van der Waals surface area (Å²) in [4.78, 5) is 23.8. The zero-order valence-electron chi connectivity index (χ0n) is 30.2. The molecule has 0 radical (unpaired) electrons. The van der Waals surface area contributed by atoms with E-state index in [1.165, 1.54) is 24.3 Å². The number of anilines is 1. The average Bonchev–Trinajstić information content (AvgIpc) is 3.65. The van der Waals surface area contributed by atoms with Gasteiger partial charge in [-0.3, -0.25) is 4.79 Å². The molecule has 1 amide bonds.